The summed E-state index contributed by atoms with van der Waals surface area (Å²) in [6.07, 6.45) is 8.68. The Bertz CT molecular complexity index is 1360. The average Bonchev–Trinajstić information content (AvgIpc) is 3.25. The lowest BCUT2D eigenvalue weighted by atomic mass is 9.95. The van der Waals surface area contributed by atoms with Gasteiger partial charge in [0.2, 0.25) is 0 Å². The molecular formula is C30H26FN3. The lowest BCUT2D eigenvalue weighted by Gasteiger charge is -2.13. The summed E-state index contributed by atoms with van der Waals surface area (Å²) in [5.41, 5.74) is 14.6. The van der Waals surface area contributed by atoms with Crippen LogP contribution in [0.5, 0.6) is 0 Å². The van der Waals surface area contributed by atoms with Gasteiger partial charge in [-0.1, -0.05) is 42.5 Å². The van der Waals surface area contributed by atoms with Crippen LogP contribution in [0, 0.1) is 5.82 Å². The molecule has 34 heavy (non-hydrogen) atoms. The quantitative estimate of drug-likeness (QED) is 0.270. The second-order valence-electron chi connectivity index (χ2n) is 8.41. The van der Waals surface area contributed by atoms with Crippen LogP contribution in [0.15, 0.2) is 110 Å². The Kier molecular flexibility index (Phi) is 6.21. The number of nitrogen functional groups attached to an aromatic ring is 1. The summed E-state index contributed by atoms with van der Waals surface area (Å²) in [4.78, 5) is 4.22. The molecule has 2 heterocycles. The van der Waals surface area contributed by atoms with E-state index in [1.807, 2.05) is 67.0 Å². The van der Waals surface area contributed by atoms with E-state index in [0.717, 1.165) is 52.9 Å². The third-order valence-corrected chi connectivity index (χ3v) is 6.12. The summed E-state index contributed by atoms with van der Waals surface area (Å²) < 4.78 is 16.0. The Hall–Kier alpha value is -4.18. The Morgan fingerprint density at radius 3 is 2.15 bits per heavy atom. The first-order valence-electron chi connectivity index (χ1n) is 11.5. The SMILES string of the molecule is Nc1ccc(-n2cc(-c3ccc(F)cc3)c(-c3ccncc3)c2CCCc2ccccc2)cc1. The Morgan fingerprint density at radius 1 is 0.735 bits per heavy atom. The fourth-order valence-electron chi connectivity index (χ4n) is 4.45. The van der Waals surface area contributed by atoms with Crippen molar-refractivity contribution in [2.75, 3.05) is 5.73 Å². The van der Waals surface area contributed by atoms with Crippen LogP contribution in [0.3, 0.4) is 0 Å². The number of hydrogen-bond acceptors (Lipinski definition) is 2. The summed E-state index contributed by atoms with van der Waals surface area (Å²) >= 11 is 0. The van der Waals surface area contributed by atoms with Crippen molar-refractivity contribution in [3.63, 3.8) is 0 Å². The molecule has 2 N–H and O–H groups in total. The highest BCUT2D eigenvalue weighted by molar-refractivity contribution is 5.86. The molecule has 5 aromatic rings. The maximum Gasteiger partial charge on any atom is 0.123 e. The lowest BCUT2D eigenvalue weighted by molar-refractivity contribution is 0.628. The molecule has 5 rings (SSSR count). The second kappa shape index (κ2) is 9.75. The smallest absolute Gasteiger partial charge is 0.123 e. The van der Waals surface area contributed by atoms with E-state index >= 15 is 0 Å². The molecule has 0 saturated carbocycles. The molecular weight excluding hydrogens is 421 g/mol. The van der Waals surface area contributed by atoms with E-state index in [4.69, 9.17) is 5.73 Å². The van der Waals surface area contributed by atoms with Gasteiger partial charge in [0, 0.05) is 46.8 Å². The molecule has 0 amide bonds. The maximum atomic E-state index is 13.7. The standard InChI is InChI=1S/C30H26FN3/c31-25-11-9-23(10-12-25)28-21-34(27-15-13-26(32)14-16-27)29(30(28)24-17-19-33-20-18-24)8-4-7-22-5-2-1-3-6-22/h1-3,5-6,9-21H,4,7-8,32H2. The van der Waals surface area contributed by atoms with Gasteiger partial charge in [-0.3, -0.25) is 4.98 Å². The predicted molar refractivity (Wildman–Crippen MR) is 137 cm³/mol. The highest BCUT2D eigenvalue weighted by Gasteiger charge is 2.20. The molecule has 3 aromatic carbocycles. The summed E-state index contributed by atoms with van der Waals surface area (Å²) in [5.74, 6) is -0.240. The van der Waals surface area contributed by atoms with E-state index in [1.54, 1.807) is 0 Å². The second-order valence-corrected chi connectivity index (χ2v) is 8.41. The van der Waals surface area contributed by atoms with Gasteiger partial charge < -0.3 is 10.3 Å². The first kappa shape index (κ1) is 21.7. The third-order valence-electron chi connectivity index (χ3n) is 6.12. The van der Waals surface area contributed by atoms with Crippen LogP contribution in [0.2, 0.25) is 0 Å². The van der Waals surface area contributed by atoms with Crippen LogP contribution in [0.25, 0.3) is 27.9 Å². The first-order valence-corrected chi connectivity index (χ1v) is 11.5. The molecule has 0 unspecified atom stereocenters. The number of aromatic nitrogens is 2. The normalized spacial score (nSPS) is 11.0. The Labute approximate surface area is 199 Å². The molecule has 0 atom stereocenters. The molecule has 0 saturated heterocycles. The summed E-state index contributed by atoms with van der Waals surface area (Å²) in [7, 11) is 0. The van der Waals surface area contributed by atoms with Crippen molar-refractivity contribution in [1.29, 1.82) is 0 Å². The van der Waals surface area contributed by atoms with Crippen molar-refractivity contribution >= 4 is 5.69 Å². The topological polar surface area (TPSA) is 43.8 Å². The van der Waals surface area contributed by atoms with Crippen molar-refractivity contribution in [2.45, 2.75) is 19.3 Å². The number of benzene rings is 3. The first-order chi connectivity index (χ1) is 16.7. The van der Waals surface area contributed by atoms with E-state index in [2.05, 4.69) is 40.0 Å². The molecule has 2 aromatic heterocycles. The maximum absolute atomic E-state index is 13.7. The van der Waals surface area contributed by atoms with Gasteiger partial charge in [-0.25, -0.2) is 4.39 Å². The molecule has 0 radical (unpaired) electrons. The fourth-order valence-corrected chi connectivity index (χ4v) is 4.45. The zero-order chi connectivity index (χ0) is 23.3. The van der Waals surface area contributed by atoms with E-state index < -0.39 is 0 Å². The fraction of sp³-hybridized carbons (Fsp3) is 0.100. The molecule has 168 valence electrons. The number of hydrogen-bond donors (Lipinski definition) is 1. The van der Waals surface area contributed by atoms with Gasteiger partial charge in [0.15, 0.2) is 0 Å². The Balaban J connectivity index is 1.65. The van der Waals surface area contributed by atoms with E-state index in [9.17, 15) is 4.39 Å². The van der Waals surface area contributed by atoms with Crippen LogP contribution in [-0.4, -0.2) is 9.55 Å². The number of anilines is 1. The number of nitrogens with two attached hydrogens (primary N) is 1. The minimum absolute atomic E-state index is 0.240. The minimum atomic E-state index is -0.240. The number of pyridine rings is 1. The highest BCUT2D eigenvalue weighted by atomic mass is 19.1. The third kappa shape index (κ3) is 4.62. The molecule has 0 aliphatic carbocycles. The molecule has 3 nitrogen and oxygen atoms in total. The summed E-state index contributed by atoms with van der Waals surface area (Å²) in [6, 6.07) is 29.3. The van der Waals surface area contributed by atoms with Crippen LogP contribution in [0.4, 0.5) is 10.1 Å². The molecule has 0 fully saturated rings. The average molecular weight is 448 g/mol. The van der Waals surface area contributed by atoms with Crippen LogP contribution >= 0.6 is 0 Å². The number of rotatable bonds is 7. The number of aryl methyl sites for hydroxylation is 1. The summed E-state index contributed by atoms with van der Waals surface area (Å²) in [5, 5.41) is 0. The zero-order valence-corrected chi connectivity index (χ0v) is 18.9. The molecule has 0 spiro atoms. The molecule has 0 aliphatic rings. The summed E-state index contributed by atoms with van der Waals surface area (Å²) in [6.45, 7) is 0. The number of halogens is 1. The zero-order valence-electron chi connectivity index (χ0n) is 18.9. The van der Waals surface area contributed by atoms with Crippen LogP contribution in [0.1, 0.15) is 17.7 Å². The number of nitrogens with zero attached hydrogens (tertiary/aromatic N) is 2. The van der Waals surface area contributed by atoms with Gasteiger partial charge in [-0.2, -0.15) is 0 Å². The van der Waals surface area contributed by atoms with Gasteiger partial charge in [-0.15, -0.1) is 0 Å². The lowest BCUT2D eigenvalue weighted by Crippen LogP contribution is -2.02. The monoisotopic (exact) mass is 447 g/mol. The van der Waals surface area contributed by atoms with E-state index in [0.29, 0.717) is 0 Å². The predicted octanol–water partition coefficient (Wildman–Crippen LogP) is 7.10. The van der Waals surface area contributed by atoms with Gasteiger partial charge in [0.05, 0.1) is 0 Å². The van der Waals surface area contributed by atoms with Gasteiger partial charge >= 0.3 is 0 Å². The van der Waals surface area contributed by atoms with Crippen molar-refractivity contribution in [1.82, 2.24) is 9.55 Å². The minimum Gasteiger partial charge on any atom is -0.399 e. The van der Waals surface area contributed by atoms with Crippen molar-refractivity contribution < 1.29 is 4.39 Å². The largest absolute Gasteiger partial charge is 0.399 e. The van der Waals surface area contributed by atoms with Crippen molar-refractivity contribution in [3.05, 3.63) is 127 Å². The molecule has 0 aliphatic heterocycles. The van der Waals surface area contributed by atoms with Gasteiger partial charge in [-0.05, 0) is 84.5 Å². The highest BCUT2D eigenvalue weighted by Crippen LogP contribution is 2.39. The van der Waals surface area contributed by atoms with Crippen molar-refractivity contribution in [2.24, 2.45) is 0 Å². The van der Waals surface area contributed by atoms with Gasteiger partial charge in [0.25, 0.3) is 0 Å². The molecule has 0 bridgehead atoms. The molecule has 4 heteroatoms. The van der Waals surface area contributed by atoms with E-state index in [1.165, 1.54) is 23.4 Å². The van der Waals surface area contributed by atoms with Gasteiger partial charge in [0.1, 0.15) is 5.82 Å². The Morgan fingerprint density at radius 2 is 1.44 bits per heavy atom. The van der Waals surface area contributed by atoms with Crippen LogP contribution in [-0.2, 0) is 12.8 Å². The van der Waals surface area contributed by atoms with Crippen molar-refractivity contribution in [3.8, 4) is 27.9 Å². The van der Waals surface area contributed by atoms with Crippen LogP contribution < -0.4 is 5.73 Å². The van der Waals surface area contributed by atoms with E-state index in [-0.39, 0.29) is 5.82 Å².